The Morgan fingerprint density at radius 1 is 1.06 bits per heavy atom. The zero-order valence-corrected chi connectivity index (χ0v) is 23.4. The third-order valence-corrected chi connectivity index (χ3v) is 11.3. The van der Waals surface area contributed by atoms with Crippen LogP contribution in [0.25, 0.3) is 0 Å². The molecule has 2 nitrogen and oxygen atoms in total. The molecule has 0 aliphatic heterocycles. The lowest BCUT2D eigenvalue weighted by Gasteiger charge is -2.58. The summed E-state index contributed by atoms with van der Waals surface area (Å²) in [6, 6.07) is 0. The van der Waals surface area contributed by atoms with Gasteiger partial charge in [0.15, 0.2) is 0 Å². The molecule has 0 aromatic rings. The number of carboxylic acid groups (broad SMARTS) is 1. The molecule has 0 saturated heterocycles. The van der Waals surface area contributed by atoms with Crippen LogP contribution >= 0.6 is 0 Å². The van der Waals surface area contributed by atoms with Crippen molar-refractivity contribution in [2.75, 3.05) is 0 Å². The predicted octanol–water partition coefficient (Wildman–Crippen LogP) is 8.90. The molecule has 0 amide bonds. The predicted molar refractivity (Wildman–Crippen MR) is 146 cm³/mol. The molecule has 2 heteroatoms. The molecule has 0 radical (unpaired) electrons. The van der Waals surface area contributed by atoms with Crippen LogP contribution < -0.4 is 0 Å². The number of unbranched alkanes of at least 4 members (excludes halogenated alkanes) is 1. The fraction of sp³-hybridized carbons (Fsp3) is 0.848. The van der Waals surface area contributed by atoms with Crippen LogP contribution in [-0.4, -0.2) is 11.1 Å². The van der Waals surface area contributed by atoms with E-state index in [-0.39, 0.29) is 6.42 Å². The summed E-state index contributed by atoms with van der Waals surface area (Å²) in [5.41, 5.74) is 2.68. The first kappa shape index (κ1) is 26.8. The van der Waals surface area contributed by atoms with E-state index in [2.05, 4.69) is 52.5 Å². The molecule has 8 atom stereocenters. The van der Waals surface area contributed by atoms with Gasteiger partial charge in [-0.2, -0.15) is 0 Å². The van der Waals surface area contributed by atoms with Gasteiger partial charge in [0.05, 0.1) is 0 Å². The normalized spacial score (nSPS) is 39.0. The molecule has 3 fully saturated rings. The van der Waals surface area contributed by atoms with Gasteiger partial charge in [0, 0.05) is 18.8 Å². The van der Waals surface area contributed by atoms with E-state index in [0.717, 1.165) is 48.3 Å². The van der Waals surface area contributed by atoms with Gasteiger partial charge in [0.2, 0.25) is 0 Å². The van der Waals surface area contributed by atoms with Crippen LogP contribution in [0, 0.1) is 64.1 Å². The van der Waals surface area contributed by atoms with Crippen molar-refractivity contribution in [1.82, 2.24) is 0 Å². The van der Waals surface area contributed by atoms with Crippen LogP contribution in [0.5, 0.6) is 0 Å². The van der Waals surface area contributed by atoms with E-state index in [1.54, 1.807) is 5.57 Å². The number of carboxylic acids is 1. The molecule has 4 rings (SSSR count). The maximum atomic E-state index is 10.7. The van der Waals surface area contributed by atoms with Crippen molar-refractivity contribution in [3.05, 3.63) is 11.6 Å². The van der Waals surface area contributed by atoms with E-state index in [9.17, 15) is 4.79 Å². The fourth-order valence-electron chi connectivity index (χ4n) is 9.35. The summed E-state index contributed by atoms with van der Waals surface area (Å²) in [4.78, 5) is 10.7. The molecule has 3 saturated carbocycles. The Morgan fingerprint density at radius 3 is 2.60 bits per heavy atom. The smallest absolute Gasteiger partial charge is 0.303 e. The molecule has 35 heavy (non-hydrogen) atoms. The van der Waals surface area contributed by atoms with E-state index in [1.165, 1.54) is 64.2 Å². The monoisotopic (exact) mass is 480 g/mol. The second-order valence-corrected chi connectivity index (χ2v) is 13.8. The van der Waals surface area contributed by atoms with Gasteiger partial charge in [-0.3, -0.25) is 4.79 Å². The fourth-order valence-corrected chi connectivity index (χ4v) is 9.35. The number of hydrogen-bond acceptors (Lipinski definition) is 1. The van der Waals surface area contributed by atoms with Crippen LogP contribution in [0.3, 0.4) is 0 Å². The SMILES string of the molecule is CC(C)CCC[C@@H](C)[C@H]1CCC2C3CC=C4CC(C#CCCCC(=O)O)CC[C@]4(C)C3CC[C@@]21C. The highest BCUT2D eigenvalue weighted by molar-refractivity contribution is 5.66. The van der Waals surface area contributed by atoms with E-state index in [0.29, 0.717) is 23.2 Å². The Labute approximate surface area is 216 Å². The minimum Gasteiger partial charge on any atom is -0.481 e. The second-order valence-electron chi connectivity index (χ2n) is 13.8. The molecule has 196 valence electrons. The summed E-state index contributed by atoms with van der Waals surface area (Å²) >= 11 is 0. The van der Waals surface area contributed by atoms with Crippen molar-refractivity contribution >= 4 is 5.97 Å². The van der Waals surface area contributed by atoms with Gasteiger partial charge in [-0.15, -0.1) is 5.92 Å². The minimum absolute atomic E-state index is 0.239. The highest BCUT2D eigenvalue weighted by Crippen LogP contribution is 2.67. The van der Waals surface area contributed by atoms with Gasteiger partial charge in [-0.1, -0.05) is 71.5 Å². The molecule has 4 aliphatic rings. The van der Waals surface area contributed by atoms with Crippen molar-refractivity contribution in [2.24, 2.45) is 52.3 Å². The van der Waals surface area contributed by atoms with Crippen molar-refractivity contribution in [3.63, 3.8) is 0 Å². The first-order valence-corrected chi connectivity index (χ1v) is 15.0. The third-order valence-electron chi connectivity index (χ3n) is 11.3. The number of hydrogen-bond donors (Lipinski definition) is 1. The molecule has 0 spiro atoms. The zero-order valence-electron chi connectivity index (χ0n) is 23.4. The van der Waals surface area contributed by atoms with E-state index < -0.39 is 5.97 Å². The summed E-state index contributed by atoms with van der Waals surface area (Å²) in [5.74, 6) is 12.0. The summed E-state index contributed by atoms with van der Waals surface area (Å²) in [6.45, 7) is 12.6. The first-order chi connectivity index (χ1) is 16.6. The molecular weight excluding hydrogens is 428 g/mol. The Morgan fingerprint density at radius 2 is 1.86 bits per heavy atom. The Balaban J connectivity index is 1.40. The van der Waals surface area contributed by atoms with Gasteiger partial charge < -0.3 is 5.11 Å². The van der Waals surface area contributed by atoms with Gasteiger partial charge in [-0.25, -0.2) is 0 Å². The van der Waals surface area contributed by atoms with E-state index >= 15 is 0 Å². The van der Waals surface area contributed by atoms with Crippen LogP contribution in [0.15, 0.2) is 11.6 Å². The van der Waals surface area contributed by atoms with Gasteiger partial charge in [0.1, 0.15) is 0 Å². The standard InChI is InChI=1S/C33H52O2/c1-23(2)10-9-11-24(3)28-16-17-29-27-15-14-26-22-25(12-7-6-8-13-31(34)35)18-20-32(26,4)30(27)19-21-33(28,29)5/h14,23-25,27-30H,6,8-11,13,15-22H2,1-5H3,(H,34,35)/t24-,25?,27?,28-,29?,30?,32+,33-/m1/s1. The minimum atomic E-state index is -0.708. The molecule has 4 aliphatic carbocycles. The maximum absolute atomic E-state index is 10.7. The summed E-state index contributed by atoms with van der Waals surface area (Å²) in [7, 11) is 0. The maximum Gasteiger partial charge on any atom is 0.303 e. The molecule has 4 unspecified atom stereocenters. The quantitative estimate of drug-likeness (QED) is 0.214. The highest BCUT2D eigenvalue weighted by atomic mass is 16.4. The number of aliphatic carboxylic acids is 1. The Hall–Kier alpha value is -1.23. The Kier molecular flexibility index (Phi) is 8.45. The molecule has 0 aromatic carbocycles. The van der Waals surface area contributed by atoms with Gasteiger partial charge in [-0.05, 0) is 104 Å². The van der Waals surface area contributed by atoms with Crippen LogP contribution in [0.4, 0.5) is 0 Å². The third kappa shape index (κ3) is 5.55. The summed E-state index contributed by atoms with van der Waals surface area (Å²) in [6.07, 6.45) is 19.4. The molecule has 0 bridgehead atoms. The zero-order chi connectivity index (χ0) is 25.2. The lowest BCUT2D eigenvalue weighted by molar-refractivity contribution is -0.137. The largest absolute Gasteiger partial charge is 0.481 e. The summed E-state index contributed by atoms with van der Waals surface area (Å²) in [5, 5.41) is 8.82. The second kappa shape index (κ2) is 11.0. The van der Waals surface area contributed by atoms with Gasteiger partial charge in [0.25, 0.3) is 0 Å². The topological polar surface area (TPSA) is 37.3 Å². The van der Waals surface area contributed by atoms with Crippen LogP contribution in [0.2, 0.25) is 0 Å². The van der Waals surface area contributed by atoms with E-state index in [4.69, 9.17) is 5.11 Å². The molecule has 0 heterocycles. The number of fused-ring (bicyclic) bond motifs is 5. The van der Waals surface area contributed by atoms with Crippen molar-refractivity contribution in [1.29, 1.82) is 0 Å². The summed E-state index contributed by atoms with van der Waals surface area (Å²) < 4.78 is 0. The van der Waals surface area contributed by atoms with Crippen molar-refractivity contribution in [2.45, 2.75) is 125 Å². The number of rotatable bonds is 8. The highest BCUT2D eigenvalue weighted by Gasteiger charge is 2.59. The lowest BCUT2D eigenvalue weighted by atomic mass is 9.46. The average Bonchev–Trinajstić information content (AvgIpc) is 3.15. The Bertz CT molecular complexity index is 843. The van der Waals surface area contributed by atoms with Crippen LogP contribution in [0.1, 0.15) is 125 Å². The van der Waals surface area contributed by atoms with Crippen molar-refractivity contribution in [3.8, 4) is 11.8 Å². The first-order valence-electron chi connectivity index (χ1n) is 15.0. The number of carbonyl (C=O) groups is 1. The molecular formula is C33H52O2. The lowest BCUT2D eigenvalue weighted by Crippen LogP contribution is -2.50. The average molecular weight is 481 g/mol. The molecule has 0 aromatic heterocycles. The molecule has 1 N–H and O–H groups in total. The van der Waals surface area contributed by atoms with E-state index in [1.807, 2.05) is 0 Å². The van der Waals surface area contributed by atoms with Gasteiger partial charge >= 0.3 is 5.97 Å². The van der Waals surface area contributed by atoms with Crippen molar-refractivity contribution < 1.29 is 9.90 Å². The number of allylic oxidation sites excluding steroid dienone is 2. The van der Waals surface area contributed by atoms with Crippen LogP contribution in [-0.2, 0) is 4.79 Å².